The molecule has 17 heavy (non-hydrogen) atoms. The van der Waals surface area contributed by atoms with E-state index in [2.05, 4.69) is 4.98 Å². The molecule has 0 aliphatic carbocycles. The Balaban J connectivity index is 2.30. The lowest BCUT2D eigenvalue weighted by molar-refractivity contribution is 0.0308. The van der Waals surface area contributed by atoms with E-state index in [-0.39, 0.29) is 11.8 Å². The third-order valence-corrected chi connectivity index (χ3v) is 5.45. The highest BCUT2D eigenvalue weighted by Gasteiger charge is 2.33. The van der Waals surface area contributed by atoms with E-state index in [1.54, 1.807) is 6.92 Å². The predicted octanol–water partition coefficient (Wildman–Crippen LogP) is 1.17. The van der Waals surface area contributed by atoms with Crippen LogP contribution in [0.5, 0.6) is 0 Å². The van der Waals surface area contributed by atoms with Gasteiger partial charge in [0, 0.05) is 11.9 Å². The Labute approximate surface area is 105 Å². The summed E-state index contributed by atoms with van der Waals surface area (Å²) in [5.41, 5.74) is 0.796. The van der Waals surface area contributed by atoms with Gasteiger partial charge in [0.1, 0.15) is 0 Å². The van der Waals surface area contributed by atoms with E-state index >= 15 is 0 Å². The minimum atomic E-state index is -3.19. The highest BCUT2D eigenvalue weighted by Crippen LogP contribution is 2.27. The van der Waals surface area contributed by atoms with E-state index in [0.717, 1.165) is 10.7 Å². The number of morpholine rings is 1. The normalized spacial score (nSPS) is 22.8. The van der Waals surface area contributed by atoms with Gasteiger partial charge in [-0.25, -0.2) is 13.4 Å². The van der Waals surface area contributed by atoms with Crippen molar-refractivity contribution in [3.63, 3.8) is 0 Å². The van der Waals surface area contributed by atoms with Crippen LogP contribution in [0.2, 0.25) is 0 Å². The Bertz CT molecular complexity index is 483. The molecule has 0 radical (unpaired) electrons. The first-order valence-corrected chi connectivity index (χ1v) is 8.02. The molecular formula is C10H16N2O3S2. The van der Waals surface area contributed by atoms with Crippen molar-refractivity contribution in [3.05, 3.63) is 16.1 Å². The van der Waals surface area contributed by atoms with Crippen molar-refractivity contribution in [2.75, 3.05) is 25.5 Å². The lowest BCUT2D eigenvalue weighted by atomic mass is 10.2. The van der Waals surface area contributed by atoms with Crippen LogP contribution in [-0.2, 0) is 14.8 Å². The quantitative estimate of drug-likeness (QED) is 0.831. The molecule has 1 aliphatic heterocycles. The van der Waals surface area contributed by atoms with Crippen LogP contribution in [0.1, 0.15) is 23.7 Å². The monoisotopic (exact) mass is 276 g/mol. The maximum Gasteiger partial charge on any atom is 0.214 e. The number of hydrogen-bond acceptors (Lipinski definition) is 5. The highest BCUT2D eigenvalue weighted by molar-refractivity contribution is 7.89. The molecule has 96 valence electrons. The molecule has 1 fully saturated rings. The number of nitrogens with zero attached hydrogens (tertiary/aromatic N) is 2. The SMILES string of the molecule is CCS(=O)(=O)N1CCOC[C@@H]1c1csc(C)n1. The van der Waals surface area contributed by atoms with Gasteiger partial charge in [-0.05, 0) is 13.8 Å². The van der Waals surface area contributed by atoms with Crippen LogP contribution in [0.25, 0.3) is 0 Å². The minimum absolute atomic E-state index is 0.118. The fraction of sp³-hybridized carbons (Fsp3) is 0.700. The molecule has 0 aromatic carbocycles. The van der Waals surface area contributed by atoms with Crippen LogP contribution < -0.4 is 0 Å². The molecule has 1 saturated heterocycles. The molecule has 1 aromatic heterocycles. The van der Waals surface area contributed by atoms with Gasteiger partial charge in [-0.1, -0.05) is 0 Å². The third kappa shape index (κ3) is 2.67. The van der Waals surface area contributed by atoms with Crippen LogP contribution in [0.15, 0.2) is 5.38 Å². The summed E-state index contributed by atoms with van der Waals surface area (Å²) in [5.74, 6) is 0.118. The average molecular weight is 276 g/mol. The zero-order valence-corrected chi connectivity index (χ0v) is 11.6. The zero-order chi connectivity index (χ0) is 12.5. The van der Waals surface area contributed by atoms with Crippen molar-refractivity contribution in [1.29, 1.82) is 0 Å². The Morgan fingerprint density at radius 2 is 2.41 bits per heavy atom. The molecule has 0 amide bonds. The number of hydrogen-bond donors (Lipinski definition) is 0. The lowest BCUT2D eigenvalue weighted by Gasteiger charge is -2.33. The minimum Gasteiger partial charge on any atom is -0.378 e. The molecule has 1 aromatic rings. The van der Waals surface area contributed by atoms with Crippen molar-refractivity contribution in [2.24, 2.45) is 0 Å². The summed E-state index contributed by atoms with van der Waals surface area (Å²) >= 11 is 1.53. The molecule has 1 aliphatic rings. The molecule has 7 heteroatoms. The number of thiazole rings is 1. The number of sulfonamides is 1. The van der Waals surface area contributed by atoms with Crippen molar-refractivity contribution < 1.29 is 13.2 Å². The molecule has 0 bridgehead atoms. The number of rotatable bonds is 3. The van der Waals surface area contributed by atoms with Gasteiger partial charge in [0.15, 0.2) is 0 Å². The third-order valence-electron chi connectivity index (χ3n) is 2.78. The Hall–Kier alpha value is -0.500. The summed E-state index contributed by atoms with van der Waals surface area (Å²) in [5, 5.41) is 2.85. The first-order valence-electron chi connectivity index (χ1n) is 5.54. The van der Waals surface area contributed by atoms with Crippen LogP contribution in [-0.4, -0.2) is 43.2 Å². The summed E-state index contributed by atoms with van der Waals surface area (Å²) in [4.78, 5) is 4.36. The van der Waals surface area contributed by atoms with Gasteiger partial charge in [-0.3, -0.25) is 0 Å². The number of aryl methyl sites for hydroxylation is 1. The van der Waals surface area contributed by atoms with Crippen LogP contribution >= 0.6 is 11.3 Å². The second-order valence-electron chi connectivity index (χ2n) is 3.89. The first kappa shape index (κ1) is 12.9. The number of ether oxygens (including phenoxy) is 1. The van der Waals surface area contributed by atoms with Gasteiger partial charge >= 0.3 is 0 Å². The van der Waals surface area contributed by atoms with Gasteiger partial charge < -0.3 is 4.74 Å². The second kappa shape index (κ2) is 5.01. The molecule has 5 nitrogen and oxygen atoms in total. The standard InChI is InChI=1S/C10H16N2O3S2/c1-3-17(13,14)12-4-5-15-6-10(12)9-7-16-8(2)11-9/h7,10H,3-6H2,1-2H3/t10-/m1/s1. The van der Waals surface area contributed by atoms with E-state index in [1.165, 1.54) is 15.6 Å². The molecular weight excluding hydrogens is 260 g/mol. The molecule has 2 heterocycles. The van der Waals surface area contributed by atoms with E-state index in [4.69, 9.17) is 4.74 Å². The van der Waals surface area contributed by atoms with E-state index < -0.39 is 10.0 Å². The van der Waals surface area contributed by atoms with Crippen LogP contribution in [0.4, 0.5) is 0 Å². The summed E-state index contributed by atoms with van der Waals surface area (Å²) in [7, 11) is -3.19. The smallest absolute Gasteiger partial charge is 0.214 e. The largest absolute Gasteiger partial charge is 0.378 e. The van der Waals surface area contributed by atoms with Gasteiger partial charge in [-0.2, -0.15) is 4.31 Å². The van der Waals surface area contributed by atoms with Crippen LogP contribution in [0, 0.1) is 6.92 Å². The van der Waals surface area contributed by atoms with E-state index in [9.17, 15) is 8.42 Å². The topological polar surface area (TPSA) is 59.5 Å². The molecule has 0 N–H and O–H groups in total. The predicted molar refractivity (Wildman–Crippen MR) is 66.6 cm³/mol. The van der Waals surface area contributed by atoms with Crippen molar-refractivity contribution >= 4 is 21.4 Å². The summed E-state index contributed by atoms with van der Waals surface area (Å²) in [6.45, 7) is 4.84. The van der Waals surface area contributed by atoms with Crippen molar-refractivity contribution in [1.82, 2.24) is 9.29 Å². The molecule has 2 rings (SSSR count). The molecule has 1 atom stereocenters. The fourth-order valence-corrected chi connectivity index (χ4v) is 3.75. The number of aromatic nitrogens is 1. The van der Waals surface area contributed by atoms with E-state index in [1.807, 2.05) is 12.3 Å². The highest BCUT2D eigenvalue weighted by atomic mass is 32.2. The van der Waals surface area contributed by atoms with Gasteiger partial charge in [0.25, 0.3) is 0 Å². The molecule has 0 saturated carbocycles. The Kier molecular flexibility index (Phi) is 3.82. The van der Waals surface area contributed by atoms with Crippen LogP contribution in [0.3, 0.4) is 0 Å². The zero-order valence-electron chi connectivity index (χ0n) is 9.92. The van der Waals surface area contributed by atoms with Gasteiger partial charge in [0.2, 0.25) is 10.0 Å². The Morgan fingerprint density at radius 3 is 3.00 bits per heavy atom. The maximum absolute atomic E-state index is 12.0. The fourth-order valence-electron chi connectivity index (χ4n) is 1.85. The van der Waals surface area contributed by atoms with Gasteiger partial charge in [0.05, 0.1) is 35.7 Å². The van der Waals surface area contributed by atoms with Crippen molar-refractivity contribution in [3.8, 4) is 0 Å². The lowest BCUT2D eigenvalue weighted by Crippen LogP contribution is -2.44. The Morgan fingerprint density at radius 1 is 1.65 bits per heavy atom. The average Bonchev–Trinajstić information content (AvgIpc) is 2.76. The molecule has 0 unspecified atom stereocenters. The van der Waals surface area contributed by atoms with Gasteiger partial charge in [-0.15, -0.1) is 11.3 Å². The second-order valence-corrected chi connectivity index (χ2v) is 7.17. The maximum atomic E-state index is 12.0. The molecule has 0 spiro atoms. The summed E-state index contributed by atoms with van der Waals surface area (Å²) < 4.78 is 30.9. The first-order chi connectivity index (χ1) is 8.04. The van der Waals surface area contributed by atoms with E-state index in [0.29, 0.717) is 19.8 Å². The van der Waals surface area contributed by atoms with Crippen molar-refractivity contribution in [2.45, 2.75) is 19.9 Å². The summed E-state index contributed by atoms with van der Waals surface area (Å²) in [6, 6.07) is -0.265. The summed E-state index contributed by atoms with van der Waals surface area (Å²) in [6.07, 6.45) is 0.